The van der Waals surface area contributed by atoms with Crippen LogP contribution in [0.3, 0.4) is 0 Å². The topological polar surface area (TPSA) is 26.0 Å². The third-order valence-corrected chi connectivity index (χ3v) is 3.33. The van der Waals surface area contributed by atoms with E-state index < -0.39 is 0 Å². The molecular weight excluding hydrogens is 217 g/mol. The third-order valence-electron chi connectivity index (χ3n) is 2.47. The summed E-state index contributed by atoms with van der Waals surface area (Å²) >= 11 is 12.0. The van der Waals surface area contributed by atoms with Crippen LogP contribution in [0, 0.1) is 5.92 Å². The maximum absolute atomic E-state index is 6.07. The fourth-order valence-electron chi connectivity index (χ4n) is 1.24. The molecule has 0 radical (unpaired) electrons. The van der Waals surface area contributed by atoms with E-state index in [-0.39, 0.29) is 6.04 Å². The van der Waals surface area contributed by atoms with Crippen molar-refractivity contribution in [2.75, 3.05) is 0 Å². The predicted molar refractivity (Wildman–Crippen MR) is 63.0 cm³/mol. The molecule has 0 aromatic heterocycles. The maximum atomic E-state index is 6.07. The van der Waals surface area contributed by atoms with E-state index in [0.717, 1.165) is 12.0 Å². The highest BCUT2D eigenvalue weighted by molar-refractivity contribution is 6.42. The zero-order chi connectivity index (χ0) is 10.7. The molecule has 2 N–H and O–H groups in total. The molecule has 0 amide bonds. The molecule has 14 heavy (non-hydrogen) atoms. The largest absolute Gasteiger partial charge is 0.328 e. The highest BCUT2D eigenvalue weighted by Crippen LogP contribution is 2.27. The van der Waals surface area contributed by atoms with Crippen LogP contribution in [0.25, 0.3) is 0 Å². The Morgan fingerprint density at radius 3 is 2.50 bits per heavy atom. The van der Waals surface area contributed by atoms with Gasteiger partial charge >= 0.3 is 0 Å². The molecule has 0 saturated carbocycles. The van der Waals surface area contributed by atoms with Gasteiger partial charge in [0.2, 0.25) is 0 Å². The summed E-state index contributed by atoms with van der Waals surface area (Å²) in [6.45, 7) is 4.12. The molecule has 0 bridgehead atoms. The van der Waals surface area contributed by atoms with Crippen molar-refractivity contribution < 1.29 is 0 Å². The van der Waals surface area contributed by atoms with Crippen LogP contribution in [0.1, 0.15) is 19.4 Å². The highest BCUT2D eigenvalue weighted by Gasteiger charge is 2.11. The first-order valence-corrected chi connectivity index (χ1v) is 5.46. The van der Waals surface area contributed by atoms with Crippen molar-refractivity contribution in [1.29, 1.82) is 0 Å². The Morgan fingerprint density at radius 2 is 1.93 bits per heavy atom. The first-order valence-electron chi connectivity index (χ1n) is 4.71. The van der Waals surface area contributed by atoms with Gasteiger partial charge in [-0.2, -0.15) is 0 Å². The lowest BCUT2D eigenvalue weighted by molar-refractivity contribution is 0.482. The molecular formula is C11H15Cl2N. The van der Waals surface area contributed by atoms with Crippen molar-refractivity contribution in [2.24, 2.45) is 11.7 Å². The van der Waals surface area contributed by atoms with Crippen molar-refractivity contribution in [3.05, 3.63) is 33.8 Å². The molecule has 2 atom stereocenters. The second kappa shape index (κ2) is 5.01. The molecule has 0 aliphatic heterocycles. The molecule has 1 aromatic rings. The van der Waals surface area contributed by atoms with Gasteiger partial charge in [0.15, 0.2) is 0 Å². The van der Waals surface area contributed by atoms with E-state index in [2.05, 4.69) is 6.92 Å². The summed E-state index contributed by atoms with van der Waals surface area (Å²) in [6, 6.07) is 5.87. The third kappa shape index (κ3) is 2.88. The number of nitrogens with two attached hydrogens (primary N) is 1. The Balaban J connectivity index is 2.82. The van der Waals surface area contributed by atoms with Gasteiger partial charge in [-0.25, -0.2) is 0 Å². The molecule has 1 aromatic carbocycles. The van der Waals surface area contributed by atoms with E-state index in [1.807, 2.05) is 19.1 Å². The molecule has 1 nitrogen and oxygen atoms in total. The second-order valence-corrected chi connectivity index (χ2v) is 4.54. The van der Waals surface area contributed by atoms with Gasteiger partial charge in [-0.3, -0.25) is 0 Å². The van der Waals surface area contributed by atoms with Crippen LogP contribution in [0.5, 0.6) is 0 Å². The lowest BCUT2D eigenvalue weighted by Gasteiger charge is -2.16. The van der Waals surface area contributed by atoms with Crippen LogP contribution in [0.4, 0.5) is 0 Å². The molecule has 3 heteroatoms. The second-order valence-electron chi connectivity index (χ2n) is 3.75. The molecule has 78 valence electrons. The van der Waals surface area contributed by atoms with Crippen molar-refractivity contribution in [2.45, 2.75) is 26.3 Å². The minimum atomic E-state index is 0.171. The minimum Gasteiger partial charge on any atom is -0.328 e. The standard InChI is InChI=1S/C11H15Cl2N/c1-7(8(2)14)6-9-4-3-5-10(12)11(9)13/h3-5,7-8H,6,14H2,1-2H3. The Morgan fingerprint density at radius 1 is 1.29 bits per heavy atom. The molecule has 2 unspecified atom stereocenters. The summed E-state index contributed by atoms with van der Waals surface area (Å²) in [6.07, 6.45) is 0.872. The van der Waals surface area contributed by atoms with Crippen LogP contribution in [-0.4, -0.2) is 6.04 Å². The molecule has 0 aliphatic carbocycles. The highest BCUT2D eigenvalue weighted by atomic mass is 35.5. The van der Waals surface area contributed by atoms with Crippen LogP contribution in [0.2, 0.25) is 10.0 Å². The summed E-state index contributed by atoms with van der Waals surface area (Å²) in [5.74, 6) is 0.408. The average Bonchev–Trinajstić information content (AvgIpc) is 2.12. The Labute approximate surface area is 95.2 Å². The lowest BCUT2D eigenvalue weighted by atomic mass is 9.95. The van der Waals surface area contributed by atoms with Gasteiger partial charge < -0.3 is 5.73 Å². The first kappa shape index (κ1) is 11.8. The van der Waals surface area contributed by atoms with Crippen molar-refractivity contribution in [3.8, 4) is 0 Å². The predicted octanol–water partition coefficient (Wildman–Crippen LogP) is 3.52. The van der Waals surface area contributed by atoms with Gasteiger partial charge in [-0.05, 0) is 30.9 Å². The van der Waals surface area contributed by atoms with Gasteiger partial charge in [-0.15, -0.1) is 0 Å². The van der Waals surface area contributed by atoms with Gasteiger partial charge in [-0.1, -0.05) is 42.3 Å². The smallest absolute Gasteiger partial charge is 0.0624 e. The fraction of sp³-hybridized carbons (Fsp3) is 0.455. The van der Waals surface area contributed by atoms with Crippen LogP contribution >= 0.6 is 23.2 Å². The normalized spacial score (nSPS) is 15.2. The summed E-state index contributed by atoms with van der Waals surface area (Å²) in [5, 5.41) is 1.27. The van der Waals surface area contributed by atoms with E-state index in [1.54, 1.807) is 6.07 Å². The summed E-state index contributed by atoms with van der Waals surface area (Å²) in [7, 11) is 0. The number of rotatable bonds is 3. The van der Waals surface area contributed by atoms with Gasteiger partial charge in [0.1, 0.15) is 0 Å². The van der Waals surface area contributed by atoms with Gasteiger partial charge in [0, 0.05) is 6.04 Å². The van der Waals surface area contributed by atoms with Gasteiger partial charge in [0.05, 0.1) is 10.0 Å². The zero-order valence-electron chi connectivity index (χ0n) is 8.43. The minimum absolute atomic E-state index is 0.171. The van der Waals surface area contributed by atoms with Crippen LogP contribution in [0.15, 0.2) is 18.2 Å². The summed E-state index contributed by atoms with van der Waals surface area (Å²) in [5.41, 5.74) is 6.87. The van der Waals surface area contributed by atoms with E-state index in [9.17, 15) is 0 Å². The lowest BCUT2D eigenvalue weighted by Crippen LogP contribution is -2.25. The fourth-order valence-corrected chi connectivity index (χ4v) is 1.64. The van der Waals surface area contributed by atoms with Crippen LogP contribution in [-0.2, 0) is 6.42 Å². The Bertz CT molecular complexity index is 310. The molecule has 0 fully saturated rings. The molecule has 0 spiro atoms. The Hall–Kier alpha value is -0.240. The van der Waals surface area contributed by atoms with Crippen molar-refractivity contribution in [3.63, 3.8) is 0 Å². The maximum Gasteiger partial charge on any atom is 0.0624 e. The molecule has 0 saturated heterocycles. The zero-order valence-corrected chi connectivity index (χ0v) is 9.94. The van der Waals surface area contributed by atoms with Crippen LogP contribution < -0.4 is 5.73 Å². The number of benzene rings is 1. The van der Waals surface area contributed by atoms with E-state index in [4.69, 9.17) is 28.9 Å². The molecule has 0 heterocycles. The first-order chi connectivity index (χ1) is 6.52. The number of halogens is 2. The Kier molecular flexibility index (Phi) is 4.24. The van der Waals surface area contributed by atoms with E-state index in [0.29, 0.717) is 16.0 Å². The number of hydrogen-bond donors (Lipinski definition) is 1. The van der Waals surface area contributed by atoms with E-state index >= 15 is 0 Å². The average molecular weight is 232 g/mol. The summed E-state index contributed by atoms with van der Waals surface area (Å²) in [4.78, 5) is 0. The summed E-state index contributed by atoms with van der Waals surface area (Å²) < 4.78 is 0. The SMILES string of the molecule is CC(N)C(C)Cc1cccc(Cl)c1Cl. The van der Waals surface area contributed by atoms with Crippen molar-refractivity contribution in [1.82, 2.24) is 0 Å². The monoisotopic (exact) mass is 231 g/mol. The quantitative estimate of drug-likeness (QED) is 0.847. The van der Waals surface area contributed by atoms with Gasteiger partial charge in [0.25, 0.3) is 0 Å². The molecule has 1 rings (SSSR count). The number of hydrogen-bond acceptors (Lipinski definition) is 1. The van der Waals surface area contributed by atoms with E-state index in [1.165, 1.54) is 0 Å². The van der Waals surface area contributed by atoms with Crippen molar-refractivity contribution >= 4 is 23.2 Å². The molecule has 0 aliphatic rings.